The van der Waals surface area contributed by atoms with Crippen molar-refractivity contribution in [2.24, 2.45) is 0 Å². The Labute approximate surface area is 87.0 Å². The van der Waals surface area contributed by atoms with Gasteiger partial charge in [0.15, 0.2) is 0 Å². The highest BCUT2D eigenvalue weighted by Gasteiger charge is 2.34. The lowest BCUT2D eigenvalue weighted by atomic mass is 10.1. The Morgan fingerprint density at radius 3 is 2.86 bits per heavy atom. The van der Waals surface area contributed by atoms with E-state index in [2.05, 4.69) is 0 Å². The topological polar surface area (TPSA) is 49.7 Å². The van der Waals surface area contributed by atoms with E-state index >= 15 is 0 Å². The summed E-state index contributed by atoms with van der Waals surface area (Å²) in [6.45, 7) is 1.94. The van der Waals surface area contributed by atoms with E-state index in [-0.39, 0.29) is 12.7 Å². The van der Waals surface area contributed by atoms with Crippen LogP contribution in [-0.2, 0) is 4.74 Å². The number of aryl methyl sites for hydroxylation is 1. The third-order valence-corrected chi connectivity index (χ3v) is 3.57. The molecule has 1 aromatic rings. The molecule has 14 heavy (non-hydrogen) atoms. The molecular weight excluding hydrogens is 200 g/mol. The van der Waals surface area contributed by atoms with Gasteiger partial charge in [0.05, 0.1) is 18.8 Å². The molecule has 2 heterocycles. The first-order chi connectivity index (χ1) is 6.70. The van der Waals surface area contributed by atoms with Crippen molar-refractivity contribution in [2.45, 2.75) is 31.7 Å². The van der Waals surface area contributed by atoms with E-state index in [1.165, 1.54) is 4.88 Å². The largest absolute Gasteiger partial charge is 0.394 e. The third kappa shape index (κ3) is 1.83. The zero-order chi connectivity index (χ0) is 10.1. The molecule has 0 bridgehead atoms. The van der Waals surface area contributed by atoms with Gasteiger partial charge in [0.2, 0.25) is 0 Å². The van der Waals surface area contributed by atoms with Crippen molar-refractivity contribution < 1.29 is 14.9 Å². The average molecular weight is 214 g/mol. The first-order valence-electron chi connectivity index (χ1n) is 4.71. The van der Waals surface area contributed by atoms with Crippen molar-refractivity contribution in [1.82, 2.24) is 0 Å². The highest BCUT2D eigenvalue weighted by atomic mass is 32.1. The highest BCUT2D eigenvalue weighted by Crippen LogP contribution is 2.36. The number of ether oxygens (including phenoxy) is 1. The summed E-state index contributed by atoms with van der Waals surface area (Å²) in [5.41, 5.74) is 0. The summed E-state index contributed by atoms with van der Waals surface area (Å²) in [5, 5.41) is 18.5. The summed E-state index contributed by atoms with van der Waals surface area (Å²) >= 11 is 1.68. The van der Waals surface area contributed by atoms with E-state index in [0.29, 0.717) is 6.42 Å². The number of aliphatic hydroxyl groups excluding tert-OH is 2. The maximum absolute atomic E-state index is 9.55. The summed E-state index contributed by atoms with van der Waals surface area (Å²) in [4.78, 5) is 2.38. The van der Waals surface area contributed by atoms with E-state index in [1.807, 2.05) is 19.1 Å². The fourth-order valence-electron chi connectivity index (χ4n) is 1.70. The van der Waals surface area contributed by atoms with Crippen LogP contribution in [0.1, 0.15) is 22.3 Å². The first kappa shape index (κ1) is 10.1. The Morgan fingerprint density at radius 2 is 2.36 bits per heavy atom. The standard InChI is InChI=1S/C10H14O3S/c1-6-2-3-10(14-6)8-4-7(12)9(5-11)13-8/h2-3,7-9,11-12H,4-5H2,1H3/t7-,8+,9+/m0/s1. The zero-order valence-electron chi connectivity index (χ0n) is 8.01. The van der Waals surface area contributed by atoms with Crippen LogP contribution in [0, 0.1) is 6.92 Å². The average Bonchev–Trinajstić information content (AvgIpc) is 2.71. The predicted molar refractivity (Wildman–Crippen MR) is 54.4 cm³/mol. The molecule has 1 saturated heterocycles. The Morgan fingerprint density at radius 1 is 1.57 bits per heavy atom. The van der Waals surface area contributed by atoms with Gasteiger partial charge in [-0.1, -0.05) is 0 Å². The van der Waals surface area contributed by atoms with Gasteiger partial charge in [0.25, 0.3) is 0 Å². The van der Waals surface area contributed by atoms with Crippen molar-refractivity contribution in [1.29, 1.82) is 0 Å². The maximum Gasteiger partial charge on any atom is 0.107 e. The zero-order valence-corrected chi connectivity index (χ0v) is 8.83. The Kier molecular flexibility index (Phi) is 2.88. The minimum atomic E-state index is -0.535. The summed E-state index contributed by atoms with van der Waals surface area (Å²) in [6, 6.07) is 4.07. The summed E-state index contributed by atoms with van der Waals surface area (Å²) in [5.74, 6) is 0. The summed E-state index contributed by atoms with van der Waals surface area (Å²) in [6.07, 6.45) is -0.402. The molecule has 3 nitrogen and oxygen atoms in total. The first-order valence-corrected chi connectivity index (χ1v) is 5.53. The molecule has 4 heteroatoms. The minimum absolute atomic E-state index is 0.0409. The van der Waals surface area contributed by atoms with E-state index in [9.17, 15) is 5.11 Å². The summed E-state index contributed by atoms with van der Waals surface area (Å²) < 4.78 is 5.53. The minimum Gasteiger partial charge on any atom is -0.394 e. The molecule has 0 spiro atoms. The van der Waals surface area contributed by atoms with E-state index in [4.69, 9.17) is 9.84 Å². The van der Waals surface area contributed by atoms with Gasteiger partial charge < -0.3 is 14.9 Å². The van der Waals surface area contributed by atoms with Crippen LogP contribution in [0.3, 0.4) is 0 Å². The SMILES string of the molecule is Cc1ccc([C@H]2C[C@H](O)[C@@H](CO)O2)s1. The van der Waals surface area contributed by atoms with E-state index in [0.717, 1.165) is 4.88 Å². The lowest BCUT2D eigenvalue weighted by Crippen LogP contribution is -2.24. The number of rotatable bonds is 2. The molecule has 78 valence electrons. The monoisotopic (exact) mass is 214 g/mol. The van der Waals surface area contributed by atoms with Gasteiger partial charge in [0, 0.05) is 16.2 Å². The molecule has 3 atom stereocenters. The van der Waals surface area contributed by atoms with Crippen LogP contribution in [-0.4, -0.2) is 29.0 Å². The Hall–Kier alpha value is -0.420. The van der Waals surface area contributed by atoms with Gasteiger partial charge in [-0.25, -0.2) is 0 Å². The van der Waals surface area contributed by atoms with Crippen molar-refractivity contribution in [3.63, 3.8) is 0 Å². The van der Waals surface area contributed by atoms with Gasteiger partial charge in [-0.2, -0.15) is 0 Å². The molecule has 1 fully saturated rings. The molecular formula is C10H14O3S. The van der Waals surface area contributed by atoms with Crippen LogP contribution in [0.25, 0.3) is 0 Å². The third-order valence-electron chi connectivity index (χ3n) is 2.48. The van der Waals surface area contributed by atoms with Gasteiger partial charge >= 0.3 is 0 Å². The van der Waals surface area contributed by atoms with Crippen LogP contribution in [0.2, 0.25) is 0 Å². The van der Waals surface area contributed by atoms with Crippen molar-refractivity contribution in [3.05, 3.63) is 21.9 Å². The molecule has 0 unspecified atom stereocenters. The van der Waals surface area contributed by atoms with Crippen LogP contribution >= 0.6 is 11.3 Å². The predicted octanol–water partition coefficient (Wildman–Crippen LogP) is 1.24. The lowest BCUT2D eigenvalue weighted by Gasteiger charge is -2.10. The molecule has 2 rings (SSSR count). The van der Waals surface area contributed by atoms with Crippen molar-refractivity contribution in [2.75, 3.05) is 6.61 Å². The normalized spacial score (nSPS) is 32.4. The van der Waals surface area contributed by atoms with Gasteiger partial charge in [-0.3, -0.25) is 0 Å². The number of hydrogen-bond acceptors (Lipinski definition) is 4. The quantitative estimate of drug-likeness (QED) is 0.778. The molecule has 1 aliphatic rings. The van der Waals surface area contributed by atoms with E-state index in [1.54, 1.807) is 11.3 Å². The number of hydrogen-bond donors (Lipinski definition) is 2. The second-order valence-electron chi connectivity index (χ2n) is 3.60. The van der Waals surface area contributed by atoms with Crippen molar-refractivity contribution >= 4 is 11.3 Å². The highest BCUT2D eigenvalue weighted by molar-refractivity contribution is 7.12. The van der Waals surface area contributed by atoms with Crippen molar-refractivity contribution in [3.8, 4) is 0 Å². The second kappa shape index (κ2) is 3.98. The van der Waals surface area contributed by atoms with E-state index < -0.39 is 12.2 Å². The van der Waals surface area contributed by atoms with Crippen LogP contribution in [0.5, 0.6) is 0 Å². The Balaban J connectivity index is 2.08. The van der Waals surface area contributed by atoms with Gasteiger partial charge in [0.1, 0.15) is 6.10 Å². The smallest absolute Gasteiger partial charge is 0.107 e. The molecule has 0 radical (unpaired) electrons. The Bertz CT molecular complexity index is 310. The maximum atomic E-state index is 9.55. The van der Waals surface area contributed by atoms with Crippen LogP contribution in [0.4, 0.5) is 0 Å². The number of aliphatic hydroxyl groups is 2. The molecule has 0 saturated carbocycles. The van der Waals surface area contributed by atoms with Crippen LogP contribution < -0.4 is 0 Å². The molecule has 1 aliphatic heterocycles. The second-order valence-corrected chi connectivity index (χ2v) is 4.92. The molecule has 0 aromatic carbocycles. The van der Waals surface area contributed by atoms with Gasteiger partial charge in [-0.15, -0.1) is 11.3 Å². The lowest BCUT2D eigenvalue weighted by molar-refractivity contribution is -0.0216. The number of thiophene rings is 1. The fourth-order valence-corrected chi connectivity index (χ4v) is 2.63. The van der Waals surface area contributed by atoms with Crippen LogP contribution in [0.15, 0.2) is 12.1 Å². The molecule has 0 amide bonds. The summed E-state index contributed by atoms with van der Waals surface area (Å²) in [7, 11) is 0. The fraction of sp³-hybridized carbons (Fsp3) is 0.600. The van der Waals surface area contributed by atoms with Gasteiger partial charge in [-0.05, 0) is 19.1 Å². The molecule has 0 aliphatic carbocycles. The molecule has 2 N–H and O–H groups in total. The molecule has 1 aromatic heterocycles.